The van der Waals surface area contributed by atoms with Crippen molar-refractivity contribution < 1.29 is 34.8 Å². The Morgan fingerprint density at radius 3 is 2.00 bits per heavy atom. The zero-order chi connectivity index (χ0) is 16.3. The van der Waals surface area contributed by atoms with Crippen molar-refractivity contribution in [3.63, 3.8) is 0 Å². The van der Waals surface area contributed by atoms with Crippen LogP contribution in [-0.4, -0.2) is 15.0 Å². The van der Waals surface area contributed by atoms with E-state index in [1.807, 2.05) is 0 Å². The normalized spacial score (nSPS) is 12.3. The Morgan fingerprint density at radius 2 is 1.57 bits per heavy atom. The van der Waals surface area contributed by atoms with Gasteiger partial charge in [-0.2, -0.15) is 22.0 Å². The van der Waals surface area contributed by atoms with Gasteiger partial charge in [-0.1, -0.05) is 0 Å². The smallest absolute Gasteiger partial charge is 0.211 e. The van der Waals surface area contributed by atoms with Gasteiger partial charge >= 0.3 is 12.3 Å². The number of nitrogens with one attached hydrogen (secondary N) is 1. The van der Waals surface area contributed by atoms with Crippen molar-refractivity contribution >= 4 is 10.0 Å². The maximum Gasteiger partial charge on any atom is 0.416 e. The molecule has 0 heterocycles. The predicted molar refractivity (Wildman–Crippen MR) is 61.6 cm³/mol. The van der Waals surface area contributed by atoms with Gasteiger partial charge in [-0.25, -0.2) is 17.5 Å². The Hall–Kier alpha value is -1.55. The van der Waals surface area contributed by atoms with Crippen LogP contribution in [0.4, 0.5) is 26.3 Å². The molecule has 0 aliphatic carbocycles. The molecule has 1 N–H and O–H groups in total. The van der Waals surface area contributed by atoms with E-state index >= 15 is 0 Å². The molecular weight excluding hydrogens is 324 g/mol. The van der Waals surface area contributed by atoms with E-state index in [0.29, 0.717) is 24.3 Å². The molecule has 0 aliphatic rings. The quantitative estimate of drug-likeness (QED) is 0.839. The van der Waals surface area contributed by atoms with E-state index in [1.165, 1.54) is 0 Å². The van der Waals surface area contributed by atoms with Crippen LogP contribution in [-0.2, 0) is 16.2 Å². The van der Waals surface area contributed by atoms with Gasteiger partial charge in [-0.05, 0) is 24.3 Å². The fourth-order valence-electron chi connectivity index (χ4n) is 1.30. The van der Waals surface area contributed by atoms with Crippen LogP contribution >= 0.6 is 0 Å². The first-order valence-electron chi connectivity index (χ1n) is 5.40. The molecule has 0 atom stereocenters. The van der Waals surface area contributed by atoms with Crippen LogP contribution in [0.2, 0.25) is 0 Å². The molecule has 21 heavy (non-hydrogen) atoms. The minimum Gasteiger partial charge on any atom is -0.211 e. The molecule has 1 aromatic rings. The van der Waals surface area contributed by atoms with E-state index in [9.17, 15) is 34.8 Å². The average Bonchev–Trinajstić information content (AvgIpc) is 2.37. The molecule has 0 aromatic heterocycles. The molecule has 118 valence electrons. The standard InChI is InChI=1S/C11H9F6NO2S/c12-9(10(13)14)5-6-18-21(19,20)8-3-1-7(2-4-8)11(15,16)17/h1-4,18H,5-6H2. The zero-order valence-electron chi connectivity index (χ0n) is 10.2. The molecule has 3 nitrogen and oxygen atoms in total. The monoisotopic (exact) mass is 333 g/mol. The van der Waals surface area contributed by atoms with Crippen molar-refractivity contribution in [1.82, 2.24) is 4.72 Å². The predicted octanol–water partition coefficient (Wildman–Crippen LogP) is 3.45. The Kier molecular flexibility index (Phi) is 5.40. The topological polar surface area (TPSA) is 46.2 Å². The van der Waals surface area contributed by atoms with Gasteiger partial charge in [0.2, 0.25) is 10.0 Å². The minimum absolute atomic E-state index is 0.486. The van der Waals surface area contributed by atoms with Crippen molar-refractivity contribution in [3.05, 3.63) is 41.7 Å². The summed E-state index contributed by atoms with van der Waals surface area (Å²) in [5.41, 5.74) is -1.03. The fourth-order valence-corrected chi connectivity index (χ4v) is 2.33. The summed E-state index contributed by atoms with van der Waals surface area (Å²) in [6.45, 7) is -0.646. The summed E-state index contributed by atoms with van der Waals surface area (Å²) in [5.74, 6) is -1.76. The van der Waals surface area contributed by atoms with Crippen LogP contribution < -0.4 is 4.72 Å². The first kappa shape index (κ1) is 17.5. The third kappa shape index (κ3) is 5.05. The van der Waals surface area contributed by atoms with Gasteiger partial charge in [0.1, 0.15) is 0 Å². The number of benzene rings is 1. The molecule has 0 fully saturated rings. The molecule has 0 unspecified atom stereocenters. The fraction of sp³-hybridized carbons (Fsp3) is 0.273. The third-order valence-corrected chi connectivity index (χ3v) is 3.81. The van der Waals surface area contributed by atoms with Crippen LogP contribution in [0, 0.1) is 0 Å². The first-order valence-corrected chi connectivity index (χ1v) is 6.89. The van der Waals surface area contributed by atoms with E-state index in [0.717, 1.165) is 0 Å². The Bertz CT molecular complexity index is 617. The molecular formula is C11H9F6NO2S. The summed E-state index contributed by atoms with van der Waals surface area (Å²) < 4.78 is 97.9. The van der Waals surface area contributed by atoms with Gasteiger partial charge in [-0.3, -0.25) is 0 Å². The van der Waals surface area contributed by atoms with Gasteiger partial charge in [0.15, 0.2) is 5.83 Å². The third-order valence-electron chi connectivity index (χ3n) is 2.33. The maximum atomic E-state index is 12.5. The molecule has 0 aliphatic heterocycles. The summed E-state index contributed by atoms with van der Waals surface area (Å²) in [6.07, 6.45) is -8.02. The van der Waals surface area contributed by atoms with E-state index < -0.39 is 51.5 Å². The van der Waals surface area contributed by atoms with Gasteiger partial charge in [0.25, 0.3) is 0 Å². The second-order valence-electron chi connectivity index (χ2n) is 3.84. The van der Waals surface area contributed by atoms with E-state index in [2.05, 4.69) is 0 Å². The highest BCUT2D eigenvalue weighted by Gasteiger charge is 2.30. The van der Waals surface area contributed by atoms with E-state index in [-0.39, 0.29) is 0 Å². The van der Waals surface area contributed by atoms with Crippen LogP contribution in [0.1, 0.15) is 12.0 Å². The lowest BCUT2D eigenvalue weighted by atomic mass is 10.2. The largest absolute Gasteiger partial charge is 0.416 e. The number of sulfonamides is 1. The molecule has 1 rings (SSSR count). The van der Waals surface area contributed by atoms with Crippen molar-refractivity contribution in [2.24, 2.45) is 0 Å². The summed E-state index contributed by atoms with van der Waals surface area (Å²) in [6, 6.07) is 2.56. The van der Waals surface area contributed by atoms with Gasteiger partial charge in [0.05, 0.1) is 10.5 Å². The van der Waals surface area contributed by atoms with Crippen LogP contribution in [0.5, 0.6) is 0 Å². The lowest BCUT2D eigenvalue weighted by molar-refractivity contribution is -0.137. The highest BCUT2D eigenvalue weighted by atomic mass is 32.2. The summed E-state index contributed by atoms with van der Waals surface area (Å²) in [5, 5.41) is 0. The molecule has 0 spiro atoms. The number of halogens is 6. The molecule has 0 amide bonds. The Labute approximate surface area is 116 Å². The molecule has 10 heteroatoms. The summed E-state index contributed by atoms with van der Waals surface area (Å²) in [7, 11) is -4.20. The van der Waals surface area contributed by atoms with Crippen LogP contribution in [0.15, 0.2) is 41.1 Å². The van der Waals surface area contributed by atoms with Crippen LogP contribution in [0.3, 0.4) is 0 Å². The average molecular weight is 333 g/mol. The molecule has 0 bridgehead atoms. The highest BCUT2D eigenvalue weighted by molar-refractivity contribution is 7.89. The minimum atomic E-state index is -4.61. The number of hydrogen-bond donors (Lipinski definition) is 1. The Morgan fingerprint density at radius 1 is 1.05 bits per heavy atom. The SMILES string of the molecule is O=S(=O)(NCCC(F)=C(F)F)c1ccc(C(F)(F)F)cc1. The number of hydrogen-bond acceptors (Lipinski definition) is 2. The maximum absolute atomic E-state index is 12.5. The first-order chi connectivity index (χ1) is 9.54. The molecule has 1 aromatic carbocycles. The molecule has 0 saturated carbocycles. The summed E-state index contributed by atoms with van der Waals surface area (Å²) >= 11 is 0. The zero-order valence-corrected chi connectivity index (χ0v) is 11.0. The Balaban J connectivity index is 2.78. The lowest BCUT2D eigenvalue weighted by Gasteiger charge is -2.09. The van der Waals surface area contributed by atoms with Crippen LogP contribution in [0.25, 0.3) is 0 Å². The van der Waals surface area contributed by atoms with Gasteiger partial charge in [-0.15, -0.1) is 0 Å². The lowest BCUT2D eigenvalue weighted by Crippen LogP contribution is -2.25. The van der Waals surface area contributed by atoms with Crippen molar-refractivity contribution in [2.75, 3.05) is 6.54 Å². The van der Waals surface area contributed by atoms with Gasteiger partial charge < -0.3 is 0 Å². The second-order valence-corrected chi connectivity index (χ2v) is 5.60. The highest BCUT2D eigenvalue weighted by Crippen LogP contribution is 2.29. The van der Waals surface area contributed by atoms with Crippen molar-refractivity contribution in [2.45, 2.75) is 17.5 Å². The molecule has 0 radical (unpaired) electrons. The van der Waals surface area contributed by atoms with Gasteiger partial charge in [0, 0.05) is 13.0 Å². The van der Waals surface area contributed by atoms with Crippen molar-refractivity contribution in [3.8, 4) is 0 Å². The molecule has 0 saturated heterocycles. The number of rotatable bonds is 5. The van der Waals surface area contributed by atoms with Crippen molar-refractivity contribution in [1.29, 1.82) is 0 Å². The summed E-state index contributed by atoms with van der Waals surface area (Å²) in [4.78, 5) is -0.486. The number of alkyl halides is 3. The second kappa shape index (κ2) is 6.48. The van der Waals surface area contributed by atoms with E-state index in [4.69, 9.17) is 0 Å². The van der Waals surface area contributed by atoms with E-state index in [1.54, 1.807) is 4.72 Å².